The molecule has 2 heterocycles. The van der Waals surface area contributed by atoms with Crippen molar-refractivity contribution in [2.45, 2.75) is 19.9 Å². The lowest BCUT2D eigenvalue weighted by molar-refractivity contribution is -0.135. The lowest BCUT2D eigenvalue weighted by atomic mass is 10.1. The maximum absolute atomic E-state index is 12.9. The van der Waals surface area contributed by atoms with Crippen LogP contribution >= 0.6 is 0 Å². The fourth-order valence-electron chi connectivity index (χ4n) is 2.97. The van der Waals surface area contributed by atoms with Gasteiger partial charge in [-0.15, -0.1) is 0 Å². The van der Waals surface area contributed by atoms with Gasteiger partial charge in [0.2, 0.25) is 0 Å². The molecule has 3 aromatic rings. The Morgan fingerprint density at radius 2 is 1.81 bits per heavy atom. The Bertz CT molecular complexity index is 1080. The highest BCUT2D eigenvalue weighted by Crippen LogP contribution is 2.29. The average Bonchev–Trinajstić information content (AvgIpc) is 3.05. The van der Waals surface area contributed by atoms with E-state index in [0.717, 1.165) is 11.1 Å². The van der Waals surface area contributed by atoms with Gasteiger partial charge < -0.3 is 15.5 Å². The maximum atomic E-state index is 12.9. The molecule has 0 saturated heterocycles. The number of benzene rings is 1. The average molecular weight is 369 g/mol. The molecule has 8 heteroatoms. The van der Waals surface area contributed by atoms with Crippen LogP contribution in [0.1, 0.15) is 30.2 Å². The molecular weight excluding hydrogens is 350 g/mol. The van der Waals surface area contributed by atoms with Gasteiger partial charge in [0.15, 0.2) is 5.75 Å². The van der Waals surface area contributed by atoms with Gasteiger partial charge in [-0.3, -0.25) is 18.9 Å². The van der Waals surface area contributed by atoms with Gasteiger partial charge in [-0.25, -0.2) is 4.68 Å². The minimum atomic E-state index is -1.25. The molecule has 140 valence electrons. The lowest BCUT2D eigenvalue weighted by Gasteiger charge is -2.16. The summed E-state index contributed by atoms with van der Waals surface area (Å²) in [6, 6.07) is 10.8. The molecule has 27 heavy (non-hydrogen) atoms. The molecular formula is C19H19N3O5. The van der Waals surface area contributed by atoms with E-state index >= 15 is 0 Å². The number of aromatic hydroxyl groups is 1. The second-order valence-electron chi connectivity index (χ2n) is 6.37. The van der Waals surface area contributed by atoms with Crippen LogP contribution in [0.25, 0.3) is 16.6 Å². The van der Waals surface area contributed by atoms with Crippen LogP contribution in [-0.4, -0.2) is 37.8 Å². The molecule has 0 spiro atoms. The SMILES string of the molecule is CC(C)n1c(=O)c(C(=O)NCC(=O)O)c(O)c2cc(-c3ccccc3)cn21. The number of amides is 1. The smallest absolute Gasteiger partial charge is 0.322 e. The number of nitrogens with zero attached hydrogens (tertiary/aromatic N) is 2. The monoisotopic (exact) mass is 369 g/mol. The van der Waals surface area contributed by atoms with Crippen molar-refractivity contribution in [2.24, 2.45) is 0 Å². The standard InChI is InChI=1S/C19H19N3O5/c1-11(2)22-19(27)16(18(26)20-9-15(23)24)17(25)14-8-13(10-21(14)22)12-6-4-3-5-7-12/h3-8,10-11,25H,9H2,1-2H3,(H,20,26)(H,23,24). The summed E-state index contributed by atoms with van der Waals surface area (Å²) in [5, 5.41) is 21.4. The van der Waals surface area contributed by atoms with E-state index in [4.69, 9.17) is 5.11 Å². The topological polar surface area (TPSA) is 113 Å². The minimum absolute atomic E-state index is 0.280. The molecule has 0 bridgehead atoms. The van der Waals surface area contributed by atoms with Crippen molar-refractivity contribution in [3.05, 3.63) is 58.5 Å². The highest BCUT2D eigenvalue weighted by atomic mass is 16.4. The molecule has 3 rings (SSSR count). The summed E-state index contributed by atoms with van der Waals surface area (Å²) in [5.41, 5.74) is 0.758. The van der Waals surface area contributed by atoms with Gasteiger partial charge in [-0.2, -0.15) is 0 Å². The number of hydrogen-bond donors (Lipinski definition) is 3. The van der Waals surface area contributed by atoms with E-state index in [1.807, 2.05) is 30.3 Å². The zero-order chi connectivity index (χ0) is 19.7. The predicted octanol–water partition coefficient (Wildman–Crippen LogP) is 1.87. The number of aliphatic carboxylic acids is 1. The molecule has 0 radical (unpaired) electrons. The van der Waals surface area contributed by atoms with Gasteiger partial charge in [0, 0.05) is 17.8 Å². The molecule has 8 nitrogen and oxygen atoms in total. The van der Waals surface area contributed by atoms with Crippen molar-refractivity contribution in [1.82, 2.24) is 14.5 Å². The normalized spacial score (nSPS) is 11.1. The third kappa shape index (κ3) is 3.29. The molecule has 0 aliphatic carbocycles. The van der Waals surface area contributed by atoms with E-state index in [-0.39, 0.29) is 11.6 Å². The van der Waals surface area contributed by atoms with E-state index in [1.165, 1.54) is 9.20 Å². The highest BCUT2D eigenvalue weighted by molar-refractivity contribution is 6.00. The number of fused-ring (bicyclic) bond motifs is 1. The Morgan fingerprint density at radius 1 is 1.15 bits per heavy atom. The number of nitrogens with one attached hydrogen (secondary N) is 1. The van der Waals surface area contributed by atoms with Crippen LogP contribution in [-0.2, 0) is 4.79 Å². The molecule has 0 saturated carbocycles. The van der Waals surface area contributed by atoms with Crippen molar-refractivity contribution < 1.29 is 19.8 Å². The predicted molar refractivity (Wildman–Crippen MR) is 99.1 cm³/mol. The molecule has 0 fully saturated rings. The molecule has 3 N–H and O–H groups in total. The Kier molecular flexibility index (Phi) is 4.72. The molecule has 0 atom stereocenters. The third-order valence-corrected chi connectivity index (χ3v) is 4.16. The van der Waals surface area contributed by atoms with Crippen LogP contribution in [0.3, 0.4) is 0 Å². The summed E-state index contributed by atoms with van der Waals surface area (Å²) < 4.78 is 2.86. The second kappa shape index (κ2) is 6.99. The van der Waals surface area contributed by atoms with Crippen molar-refractivity contribution >= 4 is 17.4 Å². The molecule has 0 aliphatic rings. The highest BCUT2D eigenvalue weighted by Gasteiger charge is 2.24. The van der Waals surface area contributed by atoms with Crippen LogP contribution in [0.5, 0.6) is 5.75 Å². The largest absolute Gasteiger partial charge is 0.505 e. The summed E-state index contributed by atoms with van der Waals surface area (Å²) in [6.07, 6.45) is 1.71. The van der Waals surface area contributed by atoms with E-state index in [0.29, 0.717) is 0 Å². The molecule has 1 aromatic carbocycles. The Hall–Kier alpha value is -3.55. The molecule has 0 aliphatic heterocycles. The summed E-state index contributed by atoms with van der Waals surface area (Å²) in [4.78, 5) is 35.9. The number of carbonyl (C=O) groups is 2. The van der Waals surface area contributed by atoms with Crippen molar-refractivity contribution in [2.75, 3.05) is 6.54 Å². The minimum Gasteiger partial charge on any atom is -0.505 e. The van der Waals surface area contributed by atoms with Gasteiger partial charge >= 0.3 is 5.97 Å². The van der Waals surface area contributed by atoms with Crippen LogP contribution in [0.4, 0.5) is 0 Å². The number of rotatable bonds is 5. The first-order valence-electron chi connectivity index (χ1n) is 8.36. The summed E-state index contributed by atoms with van der Waals surface area (Å²) >= 11 is 0. The maximum Gasteiger partial charge on any atom is 0.322 e. The fraction of sp³-hybridized carbons (Fsp3) is 0.211. The van der Waals surface area contributed by atoms with Gasteiger partial charge in [0.05, 0.1) is 0 Å². The van der Waals surface area contributed by atoms with Crippen LogP contribution in [0.2, 0.25) is 0 Å². The van der Waals surface area contributed by atoms with Gasteiger partial charge in [0.25, 0.3) is 11.5 Å². The first-order chi connectivity index (χ1) is 12.8. The van der Waals surface area contributed by atoms with Crippen molar-refractivity contribution in [3.63, 3.8) is 0 Å². The Balaban J connectivity index is 2.25. The molecule has 1 amide bonds. The molecule has 2 aromatic heterocycles. The van der Waals surface area contributed by atoms with Crippen LogP contribution < -0.4 is 10.9 Å². The Morgan fingerprint density at radius 3 is 2.41 bits per heavy atom. The van der Waals surface area contributed by atoms with Gasteiger partial charge in [-0.1, -0.05) is 30.3 Å². The molecule has 0 unspecified atom stereocenters. The third-order valence-electron chi connectivity index (χ3n) is 4.16. The van der Waals surface area contributed by atoms with Crippen LogP contribution in [0, 0.1) is 0 Å². The van der Waals surface area contributed by atoms with Crippen molar-refractivity contribution in [1.29, 1.82) is 0 Å². The summed E-state index contributed by atoms with van der Waals surface area (Å²) in [7, 11) is 0. The number of aromatic nitrogens is 2. The van der Waals surface area contributed by atoms with E-state index < -0.39 is 35.3 Å². The number of hydrogen-bond acceptors (Lipinski definition) is 4. The first kappa shape index (κ1) is 18.2. The van der Waals surface area contributed by atoms with Crippen molar-refractivity contribution in [3.8, 4) is 16.9 Å². The quantitative estimate of drug-likeness (QED) is 0.635. The zero-order valence-electron chi connectivity index (χ0n) is 14.8. The Labute approximate surface area is 154 Å². The van der Waals surface area contributed by atoms with E-state index in [2.05, 4.69) is 5.32 Å². The van der Waals surface area contributed by atoms with Gasteiger partial charge in [0.1, 0.15) is 17.6 Å². The summed E-state index contributed by atoms with van der Waals surface area (Å²) in [5.74, 6) is -2.66. The van der Waals surface area contributed by atoms with E-state index in [1.54, 1.807) is 26.1 Å². The number of carboxylic acids is 1. The zero-order valence-corrected chi connectivity index (χ0v) is 14.8. The first-order valence-corrected chi connectivity index (χ1v) is 8.36. The fourth-order valence-corrected chi connectivity index (χ4v) is 2.97. The number of carbonyl (C=O) groups excluding carboxylic acids is 1. The van der Waals surface area contributed by atoms with E-state index in [9.17, 15) is 19.5 Å². The second-order valence-corrected chi connectivity index (χ2v) is 6.37. The van der Waals surface area contributed by atoms with Crippen LogP contribution in [0.15, 0.2) is 47.4 Å². The van der Waals surface area contributed by atoms with Gasteiger partial charge in [-0.05, 0) is 25.5 Å². The number of carboxylic acid groups (broad SMARTS) is 1. The lowest BCUT2D eigenvalue weighted by Crippen LogP contribution is -2.38. The summed E-state index contributed by atoms with van der Waals surface area (Å²) in [6.45, 7) is 2.90.